The van der Waals surface area contributed by atoms with Gasteiger partial charge in [0.2, 0.25) is 5.60 Å². The molecule has 1 aromatic carbocycles. The second kappa shape index (κ2) is 16.8. The number of aromatic nitrogens is 3. The lowest BCUT2D eigenvalue weighted by atomic mass is 9.87. The van der Waals surface area contributed by atoms with Crippen LogP contribution in [0.5, 0.6) is 5.75 Å². The molecular formula is C34H44N7O10P. The molecule has 280 valence electrons. The van der Waals surface area contributed by atoms with Gasteiger partial charge in [0.05, 0.1) is 12.3 Å². The highest BCUT2D eigenvalue weighted by Crippen LogP contribution is 2.50. The van der Waals surface area contributed by atoms with Crippen LogP contribution in [0.3, 0.4) is 0 Å². The summed E-state index contributed by atoms with van der Waals surface area (Å²) in [6, 6.07) is 12.2. The minimum absolute atomic E-state index is 0.0515. The minimum atomic E-state index is -4.56. The van der Waals surface area contributed by atoms with Crippen molar-refractivity contribution in [3.8, 4) is 11.8 Å². The SMILES string of the molecule is CCC(=O)O[C@H]1[C@H](c2ccc3c(N)ncnn23)O[C@](C#N)(CO[P@@](=O)(N[C@@H](C)C(=O)OCC2CCC(N)CC2)Oc2ccccc2)[C@H]1OC(=O)CC. The van der Waals surface area contributed by atoms with Crippen molar-refractivity contribution in [2.45, 2.75) is 95.3 Å². The Kier molecular flexibility index (Phi) is 12.5. The Morgan fingerprint density at radius 3 is 2.46 bits per heavy atom. The second-order valence-electron chi connectivity index (χ2n) is 12.7. The third-order valence-corrected chi connectivity index (χ3v) is 10.6. The molecule has 5 N–H and O–H groups in total. The molecular weight excluding hydrogens is 697 g/mol. The molecule has 2 aromatic heterocycles. The first-order chi connectivity index (χ1) is 24.9. The summed E-state index contributed by atoms with van der Waals surface area (Å²) in [5.74, 6) is -1.70. The highest BCUT2D eigenvalue weighted by atomic mass is 31.2. The average molecular weight is 742 g/mol. The van der Waals surface area contributed by atoms with E-state index < -0.39 is 62.2 Å². The fraction of sp³-hybridized carbons (Fsp3) is 0.529. The largest absolute Gasteiger partial charge is 0.464 e. The van der Waals surface area contributed by atoms with Crippen molar-refractivity contribution < 1.29 is 46.9 Å². The van der Waals surface area contributed by atoms with Gasteiger partial charge in [0.1, 0.15) is 42.4 Å². The molecule has 0 unspecified atom stereocenters. The van der Waals surface area contributed by atoms with E-state index in [0.29, 0.717) is 5.52 Å². The van der Waals surface area contributed by atoms with E-state index in [2.05, 4.69) is 15.2 Å². The summed E-state index contributed by atoms with van der Waals surface area (Å²) in [6.45, 7) is 3.87. The van der Waals surface area contributed by atoms with Crippen LogP contribution in [0, 0.1) is 17.2 Å². The Hall–Kier alpha value is -4.59. The third kappa shape index (κ3) is 8.88. The van der Waals surface area contributed by atoms with Gasteiger partial charge in [-0.2, -0.15) is 15.4 Å². The van der Waals surface area contributed by atoms with Gasteiger partial charge in [0, 0.05) is 18.9 Å². The van der Waals surface area contributed by atoms with Crippen LogP contribution < -0.4 is 21.1 Å². The molecule has 3 aromatic rings. The number of rotatable bonds is 15. The Morgan fingerprint density at radius 1 is 1.10 bits per heavy atom. The quantitative estimate of drug-likeness (QED) is 0.115. The number of esters is 3. The number of nitrogens with two attached hydrogens (primary N) is 2. The number of para-hydroxylation sites is 1. The Labute approximate surface area is 300 Å². The Bertz CT molecular complexity index is 1810. The zero-order valence-electron chi connectivity index (χ0n) is 29.2. The number of nitrogens with zero attached hydrogens (tertiary/aromatic N) is 4. The lowest BCUT2D eigenvalue weighted by Crippen LogP contribution is -2.49. The van der Waals surface area contributed by atoms with Gasteiger partial charge < -0.3 is 34.9 Å². The predicted molar refractivity (Wildman–Crippen MR) is 184 cm³/mol. The summed E-state index contributed by atoms with van der Waals surface area (Å²) in [6.07, 6.45) is 0.126. The molecule has 18 heteroatoms. The van der Waals surface area contributed by atoms with Crippen LogP contribution >= 0.6 is 7.75 Å². The summed E-state index contributed by atoms with van der Waals surface area (Å²) in [7, 11) is -4.56. The van der Waals surface area contributed by atoms with E-state index in [0.717, 1.165) is 25.7 Å². The van der Waals surface area contributed by atoms with Gasteiger partial charge in [-0.05, 0) is 62.8 Å². The van der Waals surface area contributed by atoms with Crippen LogP contribution in [0.4, 0.5) is 5.82 Å². The molecule has 52 heavy (non-hydrogen) atoms. The number of carbonyl (C=O) groups excluding carboxylic acids is 3. The lowest BCUT2D eigenvalue weighted by molar-refractivity contribution is -0.169. The number of anilines is 1. The zero-order chi connectivity index (χ0) is 37.5. The topological polar surface area (TPSA) is 242 Å². The second-order valence-corrected chi connectivity index (χ2v) is 14.4. The van der Waals surface area contributed by atoms with Crippen LogP contribution in [0.2, 0.25) is 0 Å². The van der Waals surface area contributed by atoms with Crippen LogP contribution in [0.1, 0.15) is 71.1 Å². The first-order valence-electron chi connectivity index (χ1n) is 17.2. The number of benzene rings is 1. The minimum Gasteiger partial charge on any atom is -0.464 e. The molecule has 3 heterocycles. The summed E-state index contributed by atoms with van der Waals surface area (Å²) in [5, 5.41) is 17.6. The number of hydrogen-bond donors (Lipinski definition) is 3. The molecule has 2 fully saturated rings. The van der Waals surface area contributed by atoms with Crippen LogP contribution in [0.25, 0.3) is 5.52 Å². The predicted octanol–water partition coefficient (Wildman–Crippen LogP) is 3.53. The van der Waals surface area contributed by atoms with Crippen molar-refractivity contribution in [3.05, 3.63) is 54.5 Å². The van der Waals surface area contributed by atoms with E-state index in [-0.39, 0.29) is 48.7 Å². The van der Waals surface area contributed by atoms with E-state index in [9.17, 15) is 24.2 Å². The van der Waals surface area contributed by atoms with Crippen LogP contribution in [-0.4, -0.2) is 75.6 Å². The van der Waals surface area contributed by atoms with Gasteiger partial charge in [0.25, 0.3) is 0 Å². The number of ether oxygens (including phenoxy) is 4. The molecule has 0 radical (unpaired) electrons. The average Bonchev–Trinajstić information content (AvgIpc) is 3.70. The van der Waals surface area contributed by atoms with E-state index >= 15 is 0 Å². The Balaban J connectivity index is 1.45. The molecule has 6 atom stereocenters. The number of nitrogens with one attached hydrogen (secondary N) is 1. The van der Waals surface area contributed by atoms with Crippen LogP contribution in [-0.2, 0) is 42.4 Å². The summed E-state index contributed by atoms with van der Waals surface area (Å²) >= 11 is 0. The van der Waals surface area contributed by atoms with Crippen molar-refractivity contribution in [3.63, 3.8) is 0 Å². The van der Waals surface area contributed by atoms with E-state index in [1.165, 1.54) is 29.9 Å². The van der Waals surface area contributed by atoms with E-state index in [1.54, 1.807) is 44.2 Å². The van der Waals surface area contributed by atoms with Gasteiger partial charge >= 0.3 is 25.7 Å². The van der Waals surface area contributed by atoms with E-state index in [4.69, 9.17) is 39.5 Å². The monoisotopic (exact) mass is 741 g/mol. The van der Waals surface area contributed by atoms with Crippen molar-refractivity contribution in [2.24, 2.45) is 11.7 Å². The van der Waals surface area contributed by atoms with Gasteiger partial charge in [-0.25, -0.2) is 14.1 Å². The molecule has 1 saturated carbocycles. The smallest absolute Gasteiger partial charge is 0.459 e. The molecule has 1 aliphatic heterocycles. The maximum atomic E-state index is 14.5. The maximum Gasteiger partial charge on any atom is 0.459 e. The molecule has 1 aliphatic carbocycles. The molecule has 1 saturated heterocycles. The Morgan fingerprint density at radius 2 is 1.79 bits per heavy atom. The van der Waals surface area contributed by atoms with Gasteiger partial charge in [-0.15, -0.1) is 0 Å². The summed E-state index contributed by atoms with van der Waals surface area (Å²) in [5.41, 5.74) is 10.5. The highest BCUT2D eigenvalue weighted by Gasteiger charge is 2.62. The van der Waals surface area contributed by atoms with Gasteiger partial charge in [-0.3, -0.25) is 18.9 Å². The lowest BCUT2D eigenvalue weighted by Gasteiger charge is -2.30. The van der Waals surface area contributed by atoms with Crippen LogP contribution in [0.15, 0.2) is 48.8 Å². The highest BCUT2D eigenvalue weighted by molar-refractivity contribution is 7.52. The normalized spacial score (nSPS) is 26.1. The molecule has 0 spiro atoms. The van der Waals surface area contributed by atoms with Crippen molar-refractivity contribution in [2.75, 3.05) is 18.9 Å². The first-order valence-corrected chi connectivity index (χ1v) is 18.7. The molecule has 5 rings (SSSR count). The number of hydrogen-bond acceptors (Lipinski definition) is 15. The number of nitrogen functional groups attached to an aromatic ring is 1. The third-order valence-electron chi connectivity index (χ3n) is 8.96. The first kappa shape index (κ1) is 38.6. The van der Waals surface area contributed by atoms with Crippen molar-refractivity contribution >= 4 is 37.0 Å². The van der Waals surface area contributed by atoms with E-state index in [1.807, 2.05) is 6.07 Å². The van der Waals surface area contributed by atoms with Gasteiger partial charge in [0.15, 0.2) is 18.0 Å². The van der Waals surface area contributed by atoms with Crippen molar-refractivity contribution in [1.82, 2.24) is 19.7 Å². The van der Waals surface area contributed by atoms with Crippen molar-refractivity contribution in [1.29, 1.82) is 5.26 Å². The molecule has 0 amide bonds. The standard InChI is InChI=1S/C34H44N7O10P/c1-4-27(42)48-30-29(25-15-16-26-32(37)38-20-39-41(25)26)50-34(18-35,31(30)49-28(43)5-2)19-47-52(45,51-24-9-7-6-8-10-24)40-21(3)33(44)46-17-22-11-13-23(36)14-12-22/h6-10,15-16,20-23,29-31H,4-5,11-14,17,19,36H2,1-3H3,(H,40,45)(H2,37,38,39)/t21-,22?,23?,29-,30-,31-,34+,52-/m0/s1. The zero-order valence-corrected chi connectivity index (χ0v) is 30.1. The fourth-order valence-electron chi connectivity index (χ4n) is 6.05. The summed E-state index contributed by atoms with van der Waals surface area (Å²) in [4.78, 5) is 42.7. The maximum absolute atomic E-state index is 14.5. The molecule has 17 nitrogen and oxygen atoms in total. The fourth-order valence-corrected chi connectivity index (χ4v) is 7.57. The van der Waals surface area contributed by atoms with Gasteiger partial charge in [-0.1, -0.05) is 32.0 Å². The molecule has 0 bridgehead atoms. The molecule has 2 aliphatic rings. The number of carbonyl (C=O) groups is 3. The number of fused-ring (bicyclic) bond motifs is 1. The summed E-state index contributed by atoms with van der Waals surface area (Å²) < 4.78 is 51.0. The number of nitriles is 1.